The van der Waals surface area contributed by atoms with Gasteiger partial charge in [-0.05, 0) is 0 Å². The molecule has 0 aliphatic rings. The summed E-state index contributed by atoms with van der Waals surface area (Å²) in [6.45, 7) is 0. The SMILES string of the molecule is BrC/C=C/CBr.ClC/C=C/CCl. The lowest BCUT2D eigenvalue weighted by molar-refractivity contribution is 1.65. The smallest absolute Gasteiger partial charge is 0.0404 e. The van der Waals surface area contributed by atoms with E-state index in [-0.39, 0.29) is 0 Å². The van der Waals surface area contributed by atoms with Gasteiger partial charge in [0.05, 0.1) is 0 Å². The Balaban J connectivity index is 0. The van der Waals surface area contributed by atoms with Crippen LogP contribution in [0.5, 0.6) is 0 Å². The summed E-state index contributed by atoms with van der Waals surface area (Å²) in [5, 5.41) is 1.91. The molecule has 72 valence electrons. The van der Waals surface area contributed by atoms with Gasteiger partial charge in [-0.1, -0.05) is 56.2 Å². The van der Waals surface area contributed by atoms with Gasteiger partial charge in [0.25, 0.3) is 0 Å². The Bertz CT molecular complexity index is 87.6. The number of hydrogen-bond acceptors (Lipinski definition) is 0. The second-order valence-electron chi connectivity index (χ2n) is 1.56. The summed E-state index contributed by atoms with van der Waals surface area (Å²) in [5.41, 5.74) is 0. The molecule has 0 aromatic rings. The summed E-state index contributed by atoms with van der Waals surface area (Å²) in [4.78, 5) is 0. The average molecular weight is 339 g/mol. The molecule has 12 heavy (non-hydrogen) atoms. The van der Waals surface area contributed by atoms with E-state index in [1.165, 1.54) is 0 Å². The van der Waals surface area contributed by atoms with Crippen LogP contribution in [0.1, 0.15) is 0 Å². The Morgan fingerprint density at radius 2 is 1.08 bits per heavy atom. The Labute approximate surface area is 101 Å². The number of hydrogen-bond donors (Lipinski definition) is 0. The fourth-order valence-corrected chi connectivity index (χ4v) is 1.03. The molecule has 0 saturated heterocycles. The van der Waals surface area contributed by atoms with Crippen LogP contribution < -0.4 is 0 Å². The highest BCUT2D eigenvalue weighted by Crippen LogP contribution is 1.84. The van der Waals surface area contributed by atoms with Crippen molar-refractivity contribution in [3.8, 4) is 0 Å². The minimum absolute atomic E-state index is 0.562. The summed E-state index contributed by atoms with van der Waals surface area (Å²) in [6.07, 6.45) is 7.73. The Kier molecular flexibility index (Phi) is 23.2. The molecule has 0 spiro atoms. The molecule has 0 bridgehead atoms. The lowest BCUT2D eigenvalue weighted by atomic mass is 10.6. The van der Waals surface area contributed by atoms with Crippen LogP contribution in [0.3, 0.4) is 0 Å². The van der Waals surface area contributed by atoms with Crippen LogP contribution in [0.2, 0.25) is 0 Å². The predicted octanol–water partition coefficient (Wildman–Crippen LogP) is 4.35. The van der Waals surface area contributed by atoms with Gasteiger partial charge in [-0.2, -0.15) is 0 Å². The lowest BCUT2D eigenvalue weighted by Gasteiger charge is -1.70. The first-order valence-corrected chi connectivity index (χ1v) is 6.68. The van der Waals surface area contributed by atoms with Crippen LogP contribution >= 0.6 is 55.1 Å². The summed E-state index contributed by atoms with van der Waals surface area (Å²) >= 11 is 17.0. The maximum atomic E-state index is 5.23. The largest absolute Gasteiger partial charge is 0.122 e. The van der Waals surface area contributed by atoms with Crippen LogP contribution in [0.15, 0.2) is 24.3 Å². The first kappa shape index (κ1) is 15.5. The number of allylic oxidation sites excluding steroid dienone is 4. The normalized spacial score (nSPS) is 10.3. The molecule has 0 unspecified atom stereocenters. The van der Waals surface area contributed by atoms with Crippen molar-refractivity contribution in [2.75, 3.05) is 22.4 Å². The Morgan fingerprint density at radius 3 is 1.25 bits per heavy atom. The Hall–Kier alpha value is 1.02. The molecule has 0 heterocycles. The van der Waals surface area contributed by atoms with E-state index in [4.69, 9.17) is 23.2 Å². The molecule has 0 rings (SSSR count). The molecule has 0 N–H and O–H groups in total. The molecular weight excluding hydrogens is 327 g/mol. The predicted molar refractivity (Wildman–Crippen MR) is 67.3 cm³/mol. The van der Waals surface area contributed by atoms with Gasteiger partial charge in [0.2, 0.25) is 0 Å². The van der Waals surface area contributed by atoms with Crippen molar-refractivity contribution in [1.82, 2.24) is 0 Å². The molecule has 0 radical (unpaired) electrons. The van der Waals surface area contributed by atoms with E-state index in [2.05, 4.69) is 44.0 Å². The molecule has 0 aromatic heterocycles. The molecule has 0 fully saturated rings. The molecule has 0 amide bonds. The van der Waals surface area contributed by atoms with Gasteiger partial charge in [-0.25, -0.2) is 0 Å². The first-order chi connectivity index (χ1) is 5.83. The first-order valence-electron chi connectivity index (χ1n) is 3.37. The van der Waals surface area contributed by atoms with E-state index < -0.39 is 0 Å². The van der Waals surface area contributed by atoms with Crippen LogP contribution in [-0.2, 0) is 0 Å². The highest BCUT2D eigenvalue weighted by atomic mass is 79.9. The van der Waals surface area contributed by atoms with Crippen molar-refractivity contribution in [2.45, 2.75) is 0 Å². The summed E-state index contributed by atoms with van der Waals surface area (Å²) in [5.74, 6) is 1.12. The molecule has 0 aliphatic carbocycles. The van der Waals surface area contributed by atoms with E-state index in [1.54, 1.807) is 0 Å². The molecule has 0 nitrogen and oxygen atoms in total. The number of rotatable bonds is 4. The summed E-state index contributed by atoms with van der Waals surface area (Å²) < 4.78 is 0. The van der Waals surface area contributed by atoms with Crippen molar-refractivity contribution >= 4 is 55.1 Å². The highest BCUT2D eigenvalue weighted by molar-refractivity contribution is 9.09. The zero-order valence-electron chi connectivity index (χ0n) is 6.65. The monoisotopic (exact) mass is 336 g/mol. The van der Waals surface area contributed by atoms with E-state index in [9.17, 15) is 0 Å². The van der Waals surface area contributed by atoms with E-state index in [1.807, 2.05) is 12.2 Å². The van der Waals surface area contributed by atoms with Crippen molar-refractivity contribution < 1.29 is 0 Å². The fraction of sp³-hybridized carbons (Fsp3) is 0.500. The third-order valence-electron chi connectivity index (χ3n) is 0.690. The standard InChI is InChI=1S/C4H6Br2.C4H6Cl2/c2*5-3-1-2-4-6/h2*1-2H,3-4H2/b2*2-1+. The van der Waals surface area contributed by atoms with Crippen LogP contribution in [0.4, 0.5) is 0 Å². The van der Waals surface area contributed by atoms with Crippen molar-refractivity contribution in [3.63, 3.8) is 0 Å². The Morgan fingerprint density at radius 1 is 0.750 bits per heavy atom. The number of alkyl halides is 4. The van der Waals surface area contributed by atoms with E-state index in [0.29, 0.717) is 11.8 Å². The molecule has 0 aliphatic heterocycles. The highest BCUT2D eigenvalue weighted by Gasteiger charge is 1.63. The zero-order valence-corrected chi connectivity index (χ0v) is 11.3. The topological polar surface area (TPSA) is 0 Å². The molecule has 4 heteroatoms. The van der Waals surface area contributed by atoms with Crippen molar-refractivity contribution in [2.24, 2.45) is 0 Å². The van der Waals surface area contributed by atoms with Gasteiger partial charge in [0.1, 0.15) is 0 Å². The minimum Gasteiger partial charge on any atom is -0.122 e. The summed E-state index contributed by atoms with van der Waals surface area (Å²) in [7, 11) is 0. The van der Waals surface area contributed by atoms with E-state index in [0.717, 1.165) is 10.7 Å². The van der Waals surface area contributed by atoms with E-state index >= 15 is 0 Å². The van der Waals surface area contributed by atoms with Gasteiger partial charge in [0, 0.05) is 22.4 Å². The third kappa shape index (κ3) is 22.5. The van der Waals surface area contributed by atoms with Gasteiger partial charge >= 0.3 is 0 Å². The quantitative estimate of drug-likeness (QED) is 0.528. The molecule has 0 saturated carbocycles. The van der Waals surface area contributed by atoms with Crippen LogP contribution in [0.25, 0.3) is 0 Å². The zero-order chi connectivity index (χ0) is 9.66. The molecule has 0 aromatic carbocycles. The summed E-state index contributed by atoms with van der Waals surface area (Å²) in [6, 6.07) is 0. The average Bonchev–Trinajstić information content (AvgIpc) is 2.12. The third-order valence-corrected chi connectivity index (χ3v) is 1.79. The van der Waals surface area contributed by atoms with Gasteiger partial charge in [-0.15, -0.1) is 23.2 Å². The van der Waals surface area contributed by atoms with Crippen molar-refractivity contribution in [1.29, 1.82) is 0 Å². The fourth-order valence-electron chi connectivity index (χ4n) is 0.252. The number of halogens is 4. The molecular formula is C8H12Br2Cl2. The minimum atomic E-state index is 0.562. The lowest BCUT2D eigenvalue weighted by Crippen LogP contribution is -1.60. The van der Waals surface area contributed by atoms with Gasteiger partial charge < -0.3 is 0 Å². The maximum Gasteiger partial charge on any atom is 0.0404 e. The second-order valence-corrected chi connectivity index (χ2v) is 3.47. The van der Waals surface area contributed by atoms with Crippen molar-refractivity contribution in [3.05, 3.63) is 24.3 Å². The maximum absolute atomic E-state index is 5.23. The van der Waals surface area contributed by atoms with Gasteiger partial charge in [-0.3, -0.25) is 0 Å². The van der Waals surface area contributed by atoms with Crippen LogP contribution in [-0.4, -0.2) is 22.4 Å². The second kappa shape index (κ2) is 17.9. The molecule has 0 atom stereocenters. The van der Waals surface area contributed by atoms with Crippen LogP contribution in [0, 0.1) is 0 Å². The van der Waals surface area contributed by atoms with Gasteiger partial charge in [0.15, 0.2) is 0 Å².